The number of nitrogens with one attached hydrogen (secondary N) is 1. The molecule has 5 nitrogen and oxygen atoms in total. The summed E-state index contributed by atoms with van der Waals surface area (Å²) in [6.45, 7) is 2.38. The van der Waals surface area contributed by atoms with E-state index in [1.165, 1.54) is 10.7 Å². The van der Waals surface area contributed by atoms with E-state index in [1.807, 2.05) is 6.92 Å². The Balaban J connectivity index is 1.71. The van der Waals surface area contributed by atoms with Gasteiger partial charge in [-0.2, -0.15) is 13.9 Å². The van der Waals surface area contributed by atoms with Gasteiger partial charge in [0.15, 0.2) is 0 Å². The first kappa shape index (κ1) is 18.7. The number of nitrogens with zero attached hydrogens (tertiary/aromatic N) is 3. The molecule has 0 radical (unpaired) electrons. The highest BCUT2D eigenvalue weighted by Crippen LogP contribution is 2.37. The van der Waals surface area contributed by atoms with Gasteiger partial charge in [0.2, 0.25) is 0 Å². The number of alkyl halides is 2. The van der Waals surface area contributed by atoms with Gasteiger partial charge >= 0.3 is 5.92 Å². The van der Waals surface area contributed by atoms with Crippen LogP contribution in [0.2, 0.25) is 10.0 Å². The molecule has 1 amide bonds. The maximum absolute atomic E-state index is 14.7. The lowest BCUT2D eigenvalue weighted by Gasteiger charge is -2.34. The van der Waals surface area contributed by atoms with Crippen LogP contribution in [0, 0.1) is 0 Å². The molecule has 27 heavy (non-hydrogen) atoms. The molecule has 3 heterocycles. The monoisotopic (exact) mass is 414 g/mol. The van der Waals surface area contributed by atoms with Crippen molar-refractivity contribution >= 4 is 29.1 Å². The van der Waals surface area contributed by atoms with E-state index < -0.39 is 12.5 Å². The van der Waals surface area contributed by atoms with E-state index in [-0.39, 0.29) is 29.2 Å². The average molecular weight is 415 g/mol. The van der Waals surface area contributed by atoms with Gasteiger partial charge in [-0.05, 0) is 25.1 Å². The molecule has 0 spiro atoms. The van der Waals surface area contributed by atoms with Crippen molar-refractivity contribution in [3.8, 4) is 0 Å². The van der Waals surface area contributed by atoms with Gasteiger partial charge in [0, 0.05) is 30.1 Å². The summed E-state index contributed by atoms with van der Waals surface area (Å²) in [5.74, 6) is -3.29. The molecule has 0 saturated carbocycles. The van der Waals surface area contributed by atoms with Crippen molar-refractivity contribution in [3.63, 3.8) is 0 Å². The van der Waals surface area contributed by atoms with Crippen molar-refractivity contribution < 1.29 is 13.6 Å². The molecule has 2 aromatic rings. The van der Waals surface area contributed by atoms with E-state index in [0.717, 1.165) is 0 Å². The third kappa shape index (κ3) is 3.22. The molecule has 2 aliphatic heterocycles. The molecular weight excluding hydrogens is 397 g/mol. The van der Waals surface area contributed by atoms with Gasteiger partial charge in [0.05, 0.1) is 35.4 Å². The number of fused-ring (bicyclic) bond motifs is 3. The molecule has 1 aromatic carbocycles. The van der Waals surface area contributed by atoms with Crippen LogP contribution >= 0.6 is 23.2 Å². The third-order valence-electron chi connectivity index (χ3n) is 5.10. The fourth-order valence-electron chi connectivity index (χ4n) is 3.75. The highest BCUT2D eigenvalue weighted by Gasteiger charge is 2.43. The van der Waals surface area contributed by atoms with Gasteiger partial charge in [-0.1, -0.05) is 23.2 Å². The first-order chi connectivity index (χ1) is 12.8. The molecular formula is C18H18Cl2F2N4O. The van der Waals surface area contributed by atoms with Crippen LogP contribution in [0.3, 0.4) is 0 Å². The zero-order chi connectivity index (χ0) is 19.3. The van der Waals surface area contributed by atoms with E-state index in [0.29, 0.717) is 41.4 Å². The van der Waals surface area contributed by atoms with Crippen molar-refractivity contribution in [1.82, 2.24) is 20.0 Å². The summed E-state index contributed by atoms with van der Waals surface area (Å²) in [5.41, 5.74) is 1.40. The fourth-order valence-corrected chi connectivity index (χ4v) is 4.05. The Labute approximate surface area is 165 Å². The molecule has 1 atom stereocenters. The van der Waals surface area contributed by atoms with Crippen LogP contribution in [0.5, 0.6) is 0 Å². The number of rotatable bonds is 1. The van der Waals surface area contributed by atoms with E-state index in [4.69, 9.17) is 23.2 Å². The van der Waals surface area contributed by atoms with Crippen LogP contribution in [0.4, 0.5) is 8.78 Å². The predicted molar refractivity (Wildman–Crippen MR) is 98.5 cm³/mol. The molecule has 2 aliphatic rings. The van der Waals surface area contributed by atoms with E-state index >= 15 is 0 Å². The lowest BCUT2D eigenvalue weighted by atomic mass is 9.96. The number of hydrogen-bond donors (Lipinski definition) is 1. The number of amides is 1. The number of aromatic nitrogens is 2. The summed E-state index contributed by atoms with van der Waals surface area (Å²) in [4.78, 5) is 14.6. The van der Waals surface area contributed by atoms with Crippen molar-refractivity contribution in [2.45, 2.75) is 38.4 Å². The minimum Gasteiger partial charge on any atom is -0.331 e. The van der Waals surface area contributed by atoms with E-state index in [9.17, 15) is 13.6 Å². The van der Waals surface area contributed by atoms with Gasteiger partial charge in [-0.3, -0.25) is 9.48 Å². The van der Waals surface area contributed by atoms with Crippen molar-refractivity contribution in [2.24, 2.45) is 0 Å². The molecule has 1 N–H and O–H groups in total. The maximum Gasteiger partial charge on any atom is 0.301 e. The average Bonchev–Trinajstić information content (AvgIpc) is 2.90. The van der Waals surface area contributed by atoms with Crippen molar-refractivity contribution in [1.29, 1.82) is 0 Å². The topological polar surface area (TPSA) is 50.2 Å². The summed E-state index contributed by atoms with van der Waals surface area (Å²) in [7, 11) is 0. The summed E-state index contributed by atoms with van der Waals surface area (Å²) >= 11 is 11.9. The second-order valence-electron chi connectivity index (χ2n) is 6.99. The van der Waals surface area contributed by atoms with Crippen LogP contribution in [0.1, 0.15) is 34.2 Å². The number of halogens is 4. The first-order valence-electron chi connectivity index (χ1n) is 8.71. The van der Waals surface area contributed by atoms with Gasteiger partial charge < -0.3 is 10.2 Å². The molecule has 0 fully saturated rings. The summed E-state index contributed by atoms with van der Waals surface area (Å²) < 4.78 is 30.7. The van der Waals surface area contributed by atoms with Crippen LogP contribution in [0.15, 0.2) is 18.2 Å². The number of benzene rings is 1. The minimum atomic E-state index is -3.03. The van der Waals surface area contributed by atoms with Gasteiger partial charge in [0.25, 0.3) is 5.91 Å². The summed E-state index contributed by atoms with van der Waals surface area (Å²) in [6.07, 6.45) is 0.436. The van der Waals surface area contributed by atoms with Gasteiger partial charge in [-0.15, -0.1) is 0 Å². The fraction of sp³-hybridized carbons (Fsp3) is 0.444. The zero-order valence-electron chi connectivity index (χ0n) is 14.6. The molecule has 0 bridgehead atoms. The van der Waals surface area contributed by atoms with Gasteiger partial charge in [-0.25, -0.2) is 0 Å². The van der Waals surface area contributed by atoms with Crippen LogP contribution in [0.25, 0.3) is 0 Å². The van der Waals surface area contributed by atoms with Crippen molar-refractivity contribution in [2.75, 3.05) is 13.1 Å². The third-order valence-corrected chi connectivity index (χ3v) is 5.84. The first-order valence-corrected chi connectivity index (χ1v) is 9.47. The largest absolute Gasteiger partial charge is 0.331 e. The van der Waals surface area contributed by atoms with Gasteiger partial charge in [0.1, 0.15) is 5.69 Å². The standard InChI is InChI=1S/C18H18Cl2F2N4O/c1-10-6-15-12(16-18(21,22)9-23-4-5-26(16)24-15)8-25(10)17(27)11-2-3-13(19)14(20)7-11/h2-3,7,10,23H,4-6,8-9H2,1H3/t10-/m1/s1. The Bertz CT molecular complexity index is 915. The molecule has 9 heteroatoms. The SMILES string of the molecule is C[C@@H]1Cc2nn3c(c2CN1C(=O)c1ccc(Cl)c(Cl)c1)C(F)(F)CNCC3. The Kier molecular flexibility index (Phi) is 4.64. The van der Waals surface area contributed by atoms with Crippen molar-refractivity contribution in [3.05, 3.63) is 50.8 Å². The quantitative estimate of drug-likeness (QED) is 0.776. The lowest BCUT2D eigenvalue weighted by molar-refractivity contribution is -0.00823. The van der Waals surface area contributed by atoms with Crippen LogP contribution in [-0.2, 0) is 25.4 Å². The Morgan fingerprint density at radius 2 is 2.11 bits per heavy atom. The number of hydrogen-bond acceptors (Lipinski definition) is 3. The van der Waals surface area contributed by atoms with E-state index in [1.54, 1.807) is 17.0 Å². The molecule has 0 aliphatic carbocycles. The van der Waals surface area contributed by atoms with Crippen LogP contribution in [-0.4, -0.2) is 39.7 Å². The maximum atomic E-state index is 14.7. The molecule has 144 valence electrons. The summed E-state index contributed by atoms with van der Waals surface area (Å²) in [5, 5.41) is 7.79. The zero-order valence-corrected chi connectivity index (χ0v) is 16.1. The lowest BCUT2D eigenvalue weighted by Crippen LogP contribution is -2.43. The highest BCUT2D eigenvalue weighted by molar-refractivity contribution is 6.42. The smallest absolute Gasteiger partial charge is 0.301 e. The highest BCUT2D eigenvalue weighted by atomic mass is 35.5. The Hall–Kier alpha value is -1.70. The second kappa shape index (κ2) is 6.72. The second-order valence-corrected chi connectivity index (χ2v) is 7.81. The predicted octanol–water partition coefficient (Wildman–Crippen LogP) is 3.47. The molecule has 0 unspecified atom stereocenters. The molecule has 4 rings (SSSR count). The Morgan fingerprint density at radius 3 is 2.85 bits per heavy atom. The minimum absolute atomic E-state index is 0.0821. The summed E-state index contributed by atoms with van der Waals surface area (Å²) in [6, 6.07) is 4.50. The Morgan fingerprint density at radius 1 is 1.33 bits per heavy atom. The molecule has 0 saturated heterocycles. The normalized spacial score (nSPS) is 21.4. The van der Waals surface area contributed by atoms with E-state index in [2.05, 4.69) is 10.4 Å². The number of carbonyl (C=O) groups excluding carboxylic acids is 1. The molecule has 1 aromatic heterocycles. The van der Waals surface area contributed by atoms with Crippen LogP contribution < -0.4 is 5.32 Å². The number of carbonyl (C=O) groups is 1.